The minimum Gasteiger partial charge on any atom is -0.507 e. The zero-order chi connectivity index (χ0) is 25.4. The highest BCUT2D eigenvalue weighted by Gasteiger charge is 2.45. The summed E-state index contributed by atoms with van der Waals surface area (Å²) in [6.45, 7) is 7.84. The fourth-order valence-corrected chi connectivity index (χ4v) is 4.31. The summed E-state index contributed by atoms with van der Waals surface area (Å²) in [5.74, 6) is -0.374. The number of hydrogen-bond donors (Lipinski definition) is 1. The number of ketones is 1. The molecule has 1 atom stereocenters. The van der Waals surface area contributed by atoms with Crippen molar-refractivity contribution in [2.24, 2.45) is 0 Å². The highest BCUT2D eigenvalue weighted by atomic mass is 16.5. The lowest BCUT2D eigenvalue weighted by Crippen LogP contribution is -2.31. The van der Waals surface area contributed by atoms with E-state index in [-0.39, 0.29) is 11.3 Å². The third-order valence-corrected chi connectivity index (χ3v) is 6.35. The maximum atomic E-state index is 13.1. The predicted molar refractivity (Wildman–Crippen MR) is 137 cm³/mol. The lowest BCUT2D eigenvalue weighted by atomic mass is 9.93. The number of methoxy groups -OCH3 is 1. The van der Waals surface area contributed by atoms with E-state index in [2.05, 4.69) is 20.8 Å². The molecule has 1 aliphatic heterocycles. The van der Waals surface area contributed by atoms with E-state index in [1.54, 1.807) is 36.3 Å². The number of unbranched alkanes of at least 4 members (excludes halogenated alkanes) is 2. The highest BCUT2D eigenvalue weighted by molar-refractivity contribution is 6.46. The van der Waals surface area contributed by atoms with Crippen LogP contribution >= 0.6 is 0 Å². The number of amides is 1. The van der Waals surface area contributed by atoms with Crippen molar-refractivity contribution in [2.75, 3.05) is 26.9 Å². The van der Waals surface area contributed by atoms with E-state index in [4.69, 9.17) is 9.47 Å². The molecule has 0 saturated carbocycles. The fraction of sp³-hybridized carbons (Fsp3) is 0.448. The lowest BCUT2D eigenvalue weighted by molar-refractivity contribution is -0.140. The summed E-state index contributed by atoms with van der Waals surface area (Å²) in [5, 5.41) is 11.2. The SMILES string of the molecule is CCCCCOc1ccc(/C(O)=C2/C(=O)C(=O)N(CCCOC)C2c2ccc(C(C)C)cc2)cc1. The van der Waals surface area contributed by atoms with E-state index >= 15 is 0 Å². The predicted octanol–water partition coefficient (Wildman–Crippen LogP) is 5.84. The number of likely N-dealkylation sites (tertiary alicyclic amines) is 1. The van der Waals surface area contributed by atoms with Gasteiger partial charge in [0.25, 0.3) is 11.7 Å². The van der Waals surface area contributed by atoms with Crippen molar-refractivity contribution in [2.45, 2.75) is 58.4 Å². The molecule has 3 rings (SSSR count). The molecule has 1 heterocycles. The molecule has 0 spiro atoms. The topological polar surface area (TPSA) is 76.1 Å². The third-order valence-electron chi connectivity index (χ3n) is 6.35. The van der Waals surface area contributed by atoms with Gasteiger partial charge < -0.3 is 19.5 Å². The zero-order valence-electron chi connectivity index (χ0n) is 21.3. The monoisotopic (exact) mass is 479 g/mol. The molecule has 1 N–H and O–H groups in total. The van der Waals surface area contributed by atoms with E-state index in [0.717, 1.165) is 24.8 Å². The minimum absolute atomic E-state index is 0.112. The van der Waals surface area contributed by atoms with Gasteiger partial charge in [0.2, 0.25) is 0 Å². The Labute approximate surface area is 208 Å². The van der Waals surface area contributed by atoms with Gasteiger partial charge in [-0.15, -0.1) is 0 Å². The van der Waals surface area contributed by atoms with Crippen LogP contribution in [0.25, 0.3) is 5.76 Å². The van der Waals surface area contributed by atoms with Gasteiger partial charge in [-0.3, -0.25) is 9.59 Å². The van der Waals surface area contributed by atoms with Crippen LogP contribution in [-0.4, -0.2) is 48.6 Å². The summed E-state index contributed by atoms with van der Waals surface area (Å²) >= 11 is 0. The number of nitrogens with zero attached hydrogens (tertiary/aromatic N) is 1. The second-order valence-electron chi connectivity index (χ2n) is 9.24. The van der Waals surface area contributed by atoms with E-state index < -0.39 is 17.7 Å². The lowest BCUT2D eigenvalue weighted by Gasteiger charge is -2.25. The molecule has 35 heavy (non-hydrogen) atoms. The number of carbonyl (C=O) groups is 2. The molecule has 2 aromatic rings. The van der Waals surface area contributed by atoms with Gasteiger partial charge in [0, 0.05) is 25.8 Å². The highest BCUT2D eigenvalue weighted by Crippen LogP contribution is 2.40. The summed E-state index contributed by atoms with van der Waals surface area (Å²) in [7, 11) is 1.60. The first kappa shape index (κ1) is 26.5. The normalized spacial score (nSPS) is 17.4. The number of hydrogen-bond acceptors (Lipinski definition) is 5. The summed E-state index contributed by atoms with van der Waals surface area (Å²) in [5.41, 5.74) is 2.55. The first-order chi connectivity index (χ1) is 16.9. The Hall–Kier alpha value is -3.12. The van der Waals surface area contributed by atoms with Crippen LogP contribution in [-0.2, 0) is 14.3 Å². The van der Waals surface area contributed by atoms with Crippen molar-refractivity contribution in [1.29, 1.82) is 0 Å². The van der Waals surface area contributed by atoms with Gasteiger partial charge >= 0.3 is 0 Å². The Bertz CT molecular complexity index is 1020. The van der Waals surface area contributed by atoms with Gasteiger partial charge in [0.15, 0.2) is 0 Å². The largest absolute Gasteiger partial charge is 0.507 e. The van der Waals surface area contributed by atoms with E-state index in [9.17, 15) is 14.7 Å². The number of benzene rings is 2. The average Bonchev–Trinajstić information content (AvgIpc) is 3.12. The summed E-state index contributed by atoms with van der Waals surface area (Å²) in [4.78, 5) is 27.7. The van der Waals surface area contributed by atoms with Crippen LogP contribution in [0.2, 0.25) is 0 Å². The molecule has 6 nitrogen and oxygen atoms in total. The Morgan fingerprint density at radius 3 is 2.26 bits per heavy atom. The van der Waals surface area contributed by atoms with Crippen LogP contribution in [0.1, 0.15) is 75.1 Å². The number of ether oxygens (including phenoxy) is 2. The average molecular weight is 480 g/mol. The van der Waals surface area contributed by atoms with Gasteiger partial charge in [0.05, 0.1) is 18.2 Å². The first-order valence-electron chi connectivity index (χ1n) is 12.5. The Morgan fingerprint density at radius 2 is 1.66 bits per heavy atom. The Morgan fingerprint density at radius 1 is 0.971 bits per heavy atom. The molecule has 6 heteroatoms. The second-order valence-corrected chi connectivity index (χ2v) is 9.24. The van der Waals surface area contributed by atoms with Crippen LogP contribution in [0, 0.1) is 0 Å². The molecular formula is C29H37NO5. The number of Topliss-reactive ketones (excluding diaryl/α,β-unsaturated/α-hetero) is 1. The van der Waals surface area contributed by atoms with Crippen LogP contribution in [0.4, 0.5) is 0 Å². The van der Waals surface area contributed by atoms with Gasteiger partial charge in [0.1, 0.15) is 11.5 Å². The molecule has 188 valence electrons. The molecule has 2 aromatic carbocycles. The standard InChI is InChI=1S/C29H37NO5/c1-5-6-7-19-35-24-15-13-23(14-16-24)27(31)25-26(22-11-9-21(10-12-22)20(2)3)30(17-8-18-34-4)29(33)28(25)32/h9-16,20,26,31H,5-8,17-19H2,1-4H3/b27-25-. The van der Waals surface area contributed by atoms with Gasteiger partial charge in [-0.2, -0.15) is 0 Å². The maximum Gasteiger partial charge on any atom is 0.295 e. The molecule has 0 radical (unpaired) electrons. The first-order valence-corrected chi connectivity index (χ1v) is 12.5. The van der Waals surface area contributed by atoms with E-state index in [0.29, 0.717) is 43.4 Å². The van der Waals surface area contributed by atoms with Crippen molar-refractivity contribution in [3.05, 3.63) is 70.8 Å². The molecular weight excluding hydrogens is 442 g/mol. The van der Waals surface area contributed by atoms with Crippen molar-refractivity contribution in [1.82, 2.24) is 4.90 Å². The van der Waals surface area contributed by atoms with Crippen LogP contribution in [0.5, 0.6) is 5.75 Å². The van der Waals surface area contributed by atoms with E-state index in [1.807, 2.05) is 24.3 Å². The van der Waals surface area contributed by atoms with Crippen LogP contribution < -0.4 is 4.74 Å². The molecule has 1 saturated heterocycles. The Kier molecular flexibility index (Phi) is 9.49. The molecule has 0 bridgehead atoms. The fourth-order valence-electron chi connectivity index (χ4n) is 4.31. The Balaban J connectivity index is 1.95. The van der Waals surface area contributed by atoms with Crippen molar-refractivity contribution in [3.8, 4) is 5.75 Å². The summed E-state index contributed by atoms with van der Waals surface area (Å²) in [6.07, 6.45) is 3.82. The molecule has 0 aromatic heterocycles. The molecule has 0 aliphatic carbocycles. The van der Waals surface area contributed by atoms with Gasteiger partial charge in [-0.05, 0) is 54.2 Å². The van der Waals surface area contributed by atoms with Crippen molar-refractivity contribution in [3.63, 3.8) is 0 Å². The van der Waals surface area contributed by atoms with Gasteiger partial charge in [-0.25, -0.2) is 0 Å². The van der Waals surface area contributed by atoms with Crippen LogP contribution in [0.3, 0.4) is 0 Å². The molecule has 1 amide bonds. The van der Waals surface area contributed by atoms with Crippen molar-refractivity contribution < 1.29 is 24.2 Å². The van der Waals surface area contributed by atoms with E-state index in [1.165, 1.54) is 5.56 Å². The maximum absolute atomic E-state index is 13.1. The second kappa shape index (κ2) is 12.5. The minimum atomic E-state index is -0.669. The van der Waals surface area contributed by atoms with Gasteiger partial charge in [-0.1, -0.05) is 57.9 Å². The molecule has 1 aliphatic rings. The molecule has 1 unspecified atom stereocenters. The summed E-state index contributed by atoms with van der Waals surface area (Å²) < 4.78 is 10.9. The number of rotatable bonds is 12. The van der Waals surface area contributed by atoms with Crippen molar-refractivity contribution >= 4 is 17.4 Å². The number of aliphatic hydroxyl groups is 1. The zero-order valence-corrected chi connectivity index (χ0v) is 21.3. The quantitative estimate of drug-likeness (QED) is 0.179. The smallest absolute Gasteiger partial charge is 0.295 e. The third kappa shape index (κ3) is 6.31. The molecule has 1 fully saturated rings. The summed E-state index contributed by atoms with van der Waals surface area (Å²) in [6, 6.07) is 14.3. The number of aliphatic hydroxyl groups excluding tert-OH is 1. The number of carbonyl (C=O) groups excluding carboxylic acids is 2. The van der Waals surface area contributed by atoms with Crippen LogP contribution in [0.15, 0.2) is 54.1 Å².